The lowest BCUT2D eigenvalue weighted by Crippen LogP contribution is -2.49. The number of thioether (sulfide) groups is 1. The molecule has 0 aliphatic carbocycles. The van der Waals surface area contributed by atoms with Gasteiger partial charge in [-0.15, -0.1) is 11.8 Å². The minimum absolute atomic E-state index is 0.0571. The van der Waals surface area contributed by atoms with E-state index in [4.69, 9.17) is 0 Å². The minimum Gasteiger partial charge on any atom is -0.345 e. The molecule has 120 valence electrons. The molecular weight excluding hydrogens is 321 g/mol. The Bertz CT molecular complexity index is 564. The van der Waals surface area contributed by atoms with E-state index in [-0.39, 0.29) is 17.3 Å². The SMILES string of the molecule is Cc1cnc(C(=O)N2CSC[C@H]2C(=O)NCC(F)(F)F)cn1. The lowest BCUT2D eigenvalue weighted by molar-refractivity contribution is -0.140. The van der Waals surface area contributed by atoms with Gasteiger partial charge in [-0.3, -0.25) is 14.6 Å². The standard InChI is InChI=1S/C12H13F3N4O2S/c1-7-2-17-8(3-16-7)11(21)19-6-22-4-9(19)10(20)18-5-12(13,14)15/h2-3,9H,4-6H2,1H3,(H,18,20)/t9-/m0/s1. The van der Waals surface area contributed by atoms with Gasteiger partial charge in [0.15, 0.2) is 0 Å². The molecule has 2 amide bonds. The molecular formula is C12H13F3N4O2S. The van der Waals surface area contributed by atoms with Crippen LogP contribution in [0, 0.1) is 6.92 Å². The van der Waals surface area contributed by atoms with E-state index >= 15 is 0 Å². The zero-order chi connectivity index (χ0) is 16.3. The van der Waals surface area contributed by atoms with Crippen LogP contribution < -0.4 is 5.32 Å². The van der Waals surface area contributed by atoms with Gasteiger partial charge in [0.1, 0.15) is 18.3 Å². The van der Waals surface area contributed by atoms with Crippen molar-refractivity contribution in [2.24, 2.45) is 0 Å². The van der Waals surface area contributed by atoms with Crippen LogP contribution in [0.1, 0.15) is 16.2 Å². The summed E-state index contributed by atoms with van der Waals surface area (Å²) in [5.41, 5.74) is 0.688. The Kier molecular flexibility index (Phi) is 4.89. The van der Waals surface area contributed by atoms with Crippen molar-refractivity contribution in [1.82, 2.24) is 20.2 Å². The highest BCUT2D eigenvalue weighted by molar-refractivity contribution is 7.99. The topological polar surface area (TPSA) is 75.2 Å². The van der Waals surface area contributed by atoms with Crippen LogP contribution in [0.15, 0.2) is 12.4 Å². The fourth-order valence-corrected chi connectivity index (χ4v) is 2.97. The van der Waals surface area contributed by atoms with Gasteiger partial charge in [-0.05, 0) is 6.92 Å². The number of rotatable bonds is 3. The molecule has 10 heteroatoms. The molecule has 0 unspecified atom stereocenters. The van der Waals surface area contributed by atoms with Gasteiger partial charge in [-0.25, -0.2) is 4.98 Å². The molecule has 6 nitrogen and oxygen atoms in total. The van der Waals surface area contributed by atoms with Crippen LogP contribution in [-0.4, -0.2) is 57.1 Å². The molecule has 1 aromatic heterocycles. The molecule has 1 aliphatic heterocycles. The first-order valence-electron chi connectivity index (χ1n) is 6.30. The summed E-state index contributed by atoms with van der Waals surface area (Å²) >= 11 is 1.29. The van der Waals surface area contributed by atoms with E-state index in [1.165, 1.54) is 29.1 Å². The van der Waals surface area contributed by atoms with Crippen molar-refractivity contribution in [2.45, 2.75) is 19.1 Å². The van der Waals surface area contributed by atoms with Crippen molar-refractivity contribution >= 4 is 23.6 Å². The number of aryl methyl sites for hydroxylation is 1. The number of aromatic nitrogens is 2. The molecule has 1 fully saturated rings. The summed E-state index contributed by atoms with van der Waals surface area (Å²) in [6.45, 7) is 0.291. The second kappa shape index (κ2) is 6.51. The quantitative estimate of drug-likeness (QED) is 0.892. The molecule has 2 heterocycles. The van der Waals surface area contributed by atoms with Gasteiger partial charge in [0.05, 0.1) is 17.8 Å². The largest absolute Gasteiger partial charge is 0.405 e. The molecule has 1 N–H and O–H groups in total. The zero-order valence-electron chi connectivity index (χ0n) is 11.6. The Hall–Kier alpha value is -1.84. The smallest absolute Gasteiger partial charge is 0.345 e. The highest BCUT2D eigenvalue weighted by atomic mass is 32.2. The normalized spacial score (nSPS) is 18.4. The fourth-order valence-electron chi connectivity index (χ4n) is 1.82. The van der Waals surface area contributed by atoms with Gasteiger partial charge in [0.2, 0.25) is 5.91 Å². The minimum atomic E-state index is -4.49. The first kappa shape index (κ1) is 16.5. The summed E-state index contributed by atoms with van der Waals surface area (Å²) in [6, 6.07) is -0.942. The number of amides is 2. The maximum absolute atomic E-state index is 12.3. The van der Waals surface area contributed by atoms with Crippen molar-refractivity contribution in [1.29, 1.82) is 0 Å². The third kappa shape index (κ3) is 4.09. The van der Waals surface area contributed by atoms with Crippen molar-refractivity contribution < 1.29 is 22.8 Å². The van der Waals surface area contributed by atoms with E-state index in [1.54, 1.807) is 12.2 Å². The second-order valence-corrected chi connectivity index (χ2v) is 5.67. The van der Waals surface area contributed by atoms with Crippen molar-refractivity contribution in [3.8, 4) is 0 Å². The van der Waals surface area contributed by atoms with Crippen molar-refractivity contribution in [2.75, 3.05) is 18.2 Å². The number of hydrogen-bond acceptors (Lipinski definition) is 5. The first-order valence-corrected chi connectivity index (χ1v) is 7.45. The van der Waals surface area contributed by atoms with Crippen LogP contribution in [0.2, 0.25) is 0 Å². The van der Waals surface area contributed by atoms with Gasteiger partial charge in [0.25, 0.3) is 5.91 Å². The average molecular weight is 334 g/mol. The lowest BCUT2D eigenvalue weighted by atomic mass is 10.2. The van der Waals surface area contributed by atoms with E-state index in [0.717, 1.165) is 0 Å². The van der Waals surface area contributed by atoms with Crippen LogP contribution in [-0.2, 0) is 4.79 Å². The Morgan fingerprint density at radius 1 is 1.41 bits per heavy atom. The predicted octanol–water partition coefficient (Wildman–Crippen LogP) is 0.979. The molecule has 2 rings (SSSR count). The van der Waals surface area contributed by atoms with Gasteiger partial charge in [-0.2, -0.15) is 13.2 Å². The summed E-state index contributed by atoms with van der Waals surface area (Å²) in [4.78, 5) is 33.2. The number of nitrogens with zero attached hydrogens (tertiary/aromatic N) is 3. The highest BCUT2D eigenvalue weighted by Crippen LogP contribution is 2.23. The van der Waals surface area contributed by atoms with Crippen LogP contribution in [0.3, 0.4) is 0 Å². The maximum Gasteiger partial charge on any atom is 0.405 e. The van der Waals surface area contributed by atoms with Gasteiger partial charge < -0.3 is 10.2 Å². The van der Waals surface area contributed by atoms with E-state index in [1.807, 2.05) is 0 Å². The van der Waals surface area contributed by atoms with Crippen LogP contribution in [0.4, 0.5) is 13.2 Å². The molecule has 0 saturated carbocycles. The van der Waals surface area contributed by atoms with Gasteiger partial charge in [-0.1, -0.05) is 0 Å². The number of carbonyl (C=O) groups is 2. The Labute approximate surface area is 128 Å². The predicted molar refractivity (Wildman–Crippen MR) is 73.1 cm³/mol. The first-order chi connectivity index (χ1) is 10.3. The van der Waals surface area contributed by atoms with Crippen LogP contribution in [0.5, 0.6) is 0 Å². The average Bonchev–Trinajstić information content (AvgIpc) is 2.93. The van der Waals surface area contributed by atoms with E-state index in [0.29, 0.717) is 5.69 Å². The number of halogens is 3. The molecule has 22 heavy (non-hydrogen) atoms. The molecule has 1 aliphatic rings. The molecule has 1 aromatic rings. The number of carbonyl (C=O) groups excluding carboxylic acids is 2. The highest BCUT2D eigenvalue weighted by Gasteiger charge is 2.37. The Morgan fingerprint density at radius 2 is 2.14 bits per heavy atom. The van der Waals surface area contributed by atoms with Crippen molar-refractivity contribution in [3.63, 3.8) is 0 Å². The van der Waals surface area contributed by atoms with E-state index in [2.05, 4.69) is 9.97 Å². The summed E-state index contributed by atoms with van der Waals surface area (Å²) in [6.07, 6.45) is -1.79. The monoisotopic (exact) mass is 334 g/mol. The molecule has 0 bridgehead atoms. The van der Waals surface area contributed by atoms with Gasteiger partial charge >= 0.3 is 6.18 Å². The third-order valence-corrected chi connectivity index (χ3v) is 3.92. The van der Waals surface area contributed by atoms with Crippen molar-refractivity contribution in [3.05, 3.63) is 23.8 Å². The second-order valence-electron chi connectivity index (χ2n) is 4.67. The van der Waals surface area contributed by atoms with E-state index in [9.17, 15) is 22.8 Å². The van der Waals surface area contributed by atoms with E-state index < -0.39 is 30.6 Å². The van der Waals surface area contributed by atoms with Crippen LogP contribution >= 0.6 is 11.8 Å². The summed E-state index contributed by atoms with van der Waals surface area (Å²) in [5.74, 6) is -0.881. The van der Waals surface area contributed by atoms with Gasteiger partial charge in [0, 0.05) is 11.9 Å². The zero-order valence-corrected chi connectivity index (χ0v) is 12.4. The summed E-state index contributed by atoms with van der Waals surface area (Å²) in [5, 5.41) is 1.80. The molecule has 1 saturated heterocycles. The molecule has 0 radical (unpaired) electrons. The molecule has 0 spiro atoms. The fraction of sp³-hybridized carbons (Fsp3) is 0.500. The number of alkyl halides is 3. The number of hydrogen-bond donors (Lipinski definition) is 1. The Balaban J connectivity index is 2.05. The molecule has 0 aromatic carbocycles. The molecule has 1 atom stereocenters. The lowest BCUT2D eigenvalue weighted by Gasteiger charge is -2.22. The maximum atomic E-state index is 12.3. The van der Waals surface area contributed by atoms with Crippen LogP contribution in [0.25, 0.3) is 0 Å². The third-order valence-electron chi connectivity index (χ3n) is 2.91. The summed E-state index contributed by atoms with van der Waals surface area (Å²) < 4.78 is 36.4. The summed E-state index contributed by atoms with van der Waals surface area (Å²) in [7, 11) is 0. The Morgan fingerprint density at radius 3 is 2.73 bits per heavy atom. The number of nitrogens with one attached hydrogen (secondary N) is 1.